The van der Waals surface area contributed by atoms with E-state index in [2.05, 4.69) is 5.32 Å². The topological polar surface area (TPSA) is 66.5 Å². The van der Waals surface area contributed by atoms with Crippen LogP contribution in [0.1, 0.15) is 11.1 Å². The fourth-order valence-electron chi connectivity index (χ4n) is 2.84. The van der Waals surface area contributed by atoms with Crippen LogP contribution in [0.2, 0.25) is 5.02 Å². The Balaban J connectivity index is 1.98. The molecular weight excluding hydrogens is 446 g/mol. The highest BCUT2D eigenvalue weighted by Gasteiger charge is 2.28. The molecule has 1 amide bonds. The second-order valence-electron chi connectivity index (χ2n) is 6.91. The highest BCUT2D eigenvalue weighted by Crippen LogP contribution is 2.27. The fourth-order valence-corrected chi connectivity index (χ4v) is 4.38. The second kappa shape index (κ2) is 9.03. The minimum absolute atomic E-state index is 0.0594. The lowest BCUT2D eigenvalue weighted by atomic mass is 10.1. The SMILES string of the molecule is Cc1ccc(N(CC(=O)Nc2ccc(F)cc2F)S(=O)(=O)c2ccc(Cl)cc2)cc1C. The van der Waals surface area contributed by atoms with Crippen LogP contribution in [0.5, 0.6) is 0 Å². The van der Waals surface area contributed by atoms with Crippen LogP contribution in [0, 0.1) is 25.5 Å². The summed E-state index contributed by atoms with van der Waals surface area (Å²) in [5, 5.41) is 2.65. The van der Waals surface area contributed by atoms with E-state index in [1.807, 2.05) is 13.8 Å². The van der Waals surface area contributed by atoms with E-state index in [4.69, 9.17) is 11.6 Å². The summed E-state index contributed by atoms with van der Waals surface area (Å²) in [5.74, 6) is -2.55. The van der Waals surface area contributed by atoms with Gasteiger partial charge in [0.25, 0.3) is 10.0 Å². The second-order valence-corrected chi connectivity index (χ2v) is 9.21. The zero-order valence-corrected chi connectivity index (χ0v) is 18.3. The summed E-state index contributed by atoms with van der Waals surface area (Å²) in [6.07, 6.45) is 0. The van der Waals surface area contributed by atoms with E-state index in [1.165, 1.54) is 24.3 Å². The number of hydrogen-bond acceptors (Lipinski definition) is 3. The van der Waals surface area contributed by atoms with Crippen LogP contribution < -0.4 is 9.62 Å². The van der Waals surface area contributed by atoms with Crippen molar-refractivity contribution in [1.82, 2.24) is 0 Å². The molecule has 0 aliphatic heterocycles. The number of benzene rings is 3. The number of carbonyl (C=O) groups is 1. The summed E-state index contributed by atoms with van der Waals surface area (Å²) in [6, 6.07) is 13.2. The van der Waals surface area contributed by atoms with Crippen molar-refractivity contribution in [3.8, 4) is 0 Å². The van der Waals surface area contributed by atoms with Gasteiger partial charge in [-0.15, -0.1) is 0 Å². The third-order valence-corrected chi connectivity index (χ3v) is 6.71. The zero-order chi connectivity index (χ0) is 22.8. The van der Waals surface area contributed by atoms with Gasteiger partial charge in [0.2, 0.25) is 5.91 Å². The molecule has 0 saturated heterocycles. The molecule has 0 saturated carbocycles. The number of hydrogen-bond donors (Lipinski definition) is 1. The zero-order valence-electron chi connectivity index (χ0n) is 16.7. The van der Waals surface area contributed by atoms with Crippen LogP contribution in [0.15, 0.2) is 65.6 Å². The van der Waals surface area contributed by atoms with Crippen LogP contribution in [-0.2, 0) is 14.8 Å². The molecule has 0 atom stereocenters. The van der Waals surface area contributed by atoms with Gasteiger partial charge in [-0.2, -0.15) is 0 Å². The molecule has 0 aromatic heterocycles. The molecule has 0 bridgehead atoms. The van der Waals surface area contributed by atoms with E-state index in [0.717, 1.165) is 27.6 Å². The third kappa shape index (κ3) is 5.21. The molecule has 0 fully saturated rings. The Morgan fingerprint density at radius 2 is 1.65 bits per heavy atom. The van der Waals surface area contributed by atoms with Gasteiger partial charge in [-0.3, -0.25) is 9.10 Å². The predicted molar refractivity (Wildman–Crippen MR) is 117 cm³/mol. The van der Waals surface area contributed by atoms with E-state index in [1.54, 1.807) is 18.2 Å². The standard InChI is InChI=1S/C22H19ClF2N2O3S/c1-14-3-7-18(11-15(14)2)27(31(29,30)19-8-4-16(23)5-9-19)13-22(28)26-21-10-6-17(24)12-20(21)25/h3-12H,13H2,1-2H3,(H,26,28). The van der Waals surface area contributed by atoms with Crippen molar-refractivity contribution in [2.75, 3.05) is 16.2 Å². The predicted octanol–water partition coefficient (Wildman–Crippen LogP) is 5.07. The number of nitrogens with zero attached hydrogens (tertiary/aromatic N) is 1. The Kier molecular flexibility index (Phi) is 6.62. The van der Waals surface area contributed by atoms with E-state index in [9.17, 15) is 22.0 Å². The largest absolute Gasteiger partial charge is 0.322 e. The lowest BCUT2D eigenvalue weighted by Gasteiger charge is -2.25. The maximum Gasteiger partial charge on any atom is 0.264 e. The first-order valence-electron chi connectivity index (χ1n) is 9.18. The molecule has 0 aliphatic carbocycles. The number of anilines is 2. The average molecular weight is 465 g/mol. The van der Waals surface area contributed by atoms with Crippen LogP contribution >= 0.6 is 11.6 Å². The molecule has 0 radical (unpaired) electrons. The minimum atomic E-state index is -4.14. The molecule has 3 rings (SSSR count). The minimum Gasteiger partial charge on any atom is -0.322 e. The van der Waals surface area contributed by atoms with Crippen molar-refractivity contribution in [3.05, 3.63) is 88.4 Å². The maximum atomic E-state index is 13.9. The van der Waals surface area contributed by atoms with Gasteiger partial charge in [0.15, 0.2) is 0 Å². The first-order chi connectivity index (χ1) is 14.6. The van der Waals surface area contributed by atoms with E-state index in [0.29, 0.717) is 11.1 Å². The molecule has 0 spiro atoms. The van der Waals surface area contributed by atoms with Crippen LogP contribution in [0.3, 0.4) is 0 Å². The van der Waals surface area contributed by atoms with Crippen molar-refractivity contribution >= 4 is 38.9 Å². The van der Waals surface area contributed by atoms with Gasteiger partial charge in [-0.05, 0) is 73.5 Å². The van der Waals surface area contributed by atoms with Crippen molar-refractivity contribution in [1.29, 1.82) is 0 Å². The summed E-state index contributed by atoms with van der Waals surface area (Å²) in [7, 11) is -4.14. The molecule has 0 unspecified atom stereocenters. The Hall–Kier alpha value is -2.97. The summed E-state index contributed by atoms with van der Waals surface area (Å²) < 4.78 is 54.6. The summed E-state index contributed by atoms with van der Waals surface area (Å²) >= 11 is 5.86. The quantitative estimate of drug-likeness (QED) is 0.554. The van der Waals surface area contributed by atoms with E-state index >= 15 is 0 Å². The van der Waals surface area contributed by atoms with Gasteiger partial charge in [0.1, 0.15) is 18.2 Å². The molecular formula is C22H19ClF2N2O3S. The maximum absolute atomic E-state index is 13.9. The van der Waals surface area contributed by atoms with Gasteiger partial charge >= 0.3 is 0 Å². The lowest BCUT2D eigenvalue weighted by Crippen LogP contribution is -2.38. The molecule has 1 N–H and O–H groups in total. The van der Waals surface area contributed by atoms with Crippen molar-refractivity contribution in [3.63, 3.8) is 0 Å². The number of carbonyl (C=O) groups excluding carboxylic acids is 1. The Bertz CT molecular complexity index is 1230. The van der Waals surface area contributed by atoms with Crippen molar-refractivity contribution in [2.24, 2.45) is 0 Å². The van der Waals surface area contributed by atoms with Gasteiger partial charge in [0, 0.05) is 11.1 Å². The Labute approximate surface area is 184 Å². The Morgan fingerprint density at radius 3 is 2.26 bits per heavy atom. The number of nitrogens with one attached hydrogen (secondary N) is 1. The van der Waals surface area contributed by atoms with Crippen LogP contribution in [0.25, 0.3) is 0 Å². The van der Waals surface area contributed by atoms with E-state index in [-0.39, 0.29) is 16.3 Å². The summed E-state index contributed by atoms with van der Waals surface area (Å²) in [4.78, 5) is 12.6. The molecule has 162 valence electrons. The van der Waals surface area contributed by atoms with Crippen molar-refractivity contribution in [2.45, 2.75) is 18.7 Å². The molecule has 3 aromatic carbocycles. The number of aryl methyl sites for hydroxylation is 2. The van der Waals surface area contributed by atoms with Gasteiger partial charge < -0.3 is 5.32 Å². The van der Waals surface area contributed by atoms with E-state index < -0.39 is 34.1 Å². The first kappa shape index (κ1) is 22.7. The normalized spacial score (nSPS) is 11.3. The highest BCUT2D eigenvalue weighted by molar-refractivity contribution is 7.92. The third-order valence-electron chi connectivity index (χ3n) is 4.67. The fraction of sp³-hybridized carbons (Fsp3) is 0.136. The van der Waals surface area contributed by atoms with Gasteiger partial charge in [-0.1, -0.05) is 17.7 Å². The average Bonchev–Trinajstić information content (AvgIpc) is 2.71. The van der Waals surface area contributed by atoms with Crippen LogP contribution in [-0.4, -0.2) is 20.9 Å². The van der Waals surface area contributed by atoms with Crippen molar-refractivity contribution < 1.29 is 22.0 Å². The Morgan fingerprint density at radius 1 is 0.968 bits per heavy atom. The number of halogens is 3. The van der Waals surface area contributed by atoms with Gasteiger partial charge in [-0.25, -0.2) is 17.2 Å². The summed E-state index contributed by atoms with van der Waals surface area (Å²) in [6.45, 7) is 3.07. The smallest absolute Gasteiger partial charge is 0.264 e. The van der Waals surface area contributed by atoms with Gasteiger partial charge in [0.05, 0.1) is 16.3 Å². The number of rotatable bonds is 6. The first-order valence-corrected chi connectivity index (χ1v) is 11.0. The number of sulfonamides is 1. The molecule has 31 heavy (non-hydrogen) atoms. The highest BCUT2D eigenvalue weighted by atomic mass is 35.5. The molecule has 0 aliphatic rings. The number of amides is 1. The molecule has 9 heteroatoms. The monoisotopic (exact) mass is 464 g/mol. The molecule has 0 heterocycles. The summed E-state index contributed by atoms with van der Waals surface area (Å²) in [5.41, 5.74) is 1.80. The molecule has 5 nitrogen and oxygen atoms in total. The van der Waals surface area contributed by atoms with Crippen LogP contribution in [0.4, 0.5) is 20.2 Å². The lowest BCUT2D eigenvalue weighted by molar-refractivity contribution is -0.114. The molecule has 3 aromatic rings.